The van der Waals surface area contributed by atoms with E-state index in [0.29, 0.717) is 0 Å². The van der Waals surface area contributed by atoms with Gasteiger partial charge in [-0.3, -0.25) is 0 Å². The quantitative estimate of drug-likeness (QED) is 0.645. The summed E-state index contributed by atoms with van der Waals surface area (Å²) in [6, 6.07) is 0.0636. The molecule has 0 aliphatic rings. The number of hydrogen-bond acceptors (Lipinski definition) is 2. The topological polar surface area (TPSA) is 54.7 Å². The summed E-state index contributed by atoms with van der Waals surface area (Å²) < 4.78 is 0. The Morgan fingerprint density at radius 2 is 2.50 bits per heavy atom. The van der Waals surface area contributed by atoms with Gasteiger partial charge >= 0.3 is 0 Å². The van der Waals surface area contributed by atoms with E-state index in [1.165, 1.54) is 0 Å². The van der Waals surface area contributed by atoms with Crippen molar-refractivity contribution in [2.45, 2.75) is 26.3 Å². The van der Waals surface area contributed by atoms with E-state index in [1.807, 2.05) is 13.8 Å². The van der Waals surface area contributed by atoms with Gasteiger partial charge in [0.1, 0.15) is 5.82 Å². The highest BCUT2D eigenvalue weighted by Gasteiger charge is 2.04. The molecule has 0 radical (unpaired) electrons. The van der Waals surface area contributed by atoms with Crippen molar-refractivity contribution in [2.24, 2.45) is 5.73 Å². The number of H-pyrrole nitrogens is 1. The Labute approximate surface area is 60.7 Å². The van der Waals surface area contributed by atoms with Gasteiger partial charge < -0.3 is 10.7 Å². The Balaban J connectivity index is 2.74. The van der Waals surface area contributed by atoms with Gasteiger partial charge in [0.15, 0.2) is 0 Å². The molecule has 1 aromatic rings. The predicted octanol–water partition coefficient (Wildman–Crippen LogP) is 1.13. The highest BCUT2D eigenvalue weighted by molar-refractivity contribution is 5.01. The van der Waals surface area contributed by atoms with Crippen molar-refractivity contribution in [1.82, 2.24) is 9.97 Å². The molecule has 1 unspecified atom stereocenters. The third kappa shape index (κ3) is 1.36. The van der Waals surface area contributed by atoms with Gasteiger partial charge in [-0.05, 0) is 13.3 Å². The van der Waals surface area contributed by atoms with Gasteiger partial charge in [0.2, 0.25) is 0 Å². The molecule has 3 N–H and O–H groups in total. The minimum atomic E-state index is 0.0636. The van der Waals surface area contributed by atoms with Crippen LogP contribution < -0.4 is 5.73 Å². The number of nitrogens with zero attached hydrogens (tertiary/aromatic N) is 1. The van der Waals surface area contributed by atoms with Gasteiger partial charge in [0.05, 0.1) is 6.04 Å². The van der Waals surface area contributed by atoms with Gasteiger partial charge in [-0.2, -0.15) is 0 Å². The summed E-state index contributed by atoms with van der Waals surface area (Å²) in [4.78, 5) is 7.20. The van der Waals surface area contributed by atoms with Crippen molar-refractivity contribution in [3.05, 3.63) is 17.7 Å². The molecule has 1 heterocycles. The van der Waals surface area contributed by atoms with E-state index >= 15 is 0 Å². The molecule has 0 spiro atoms. The molecular formula is C7H13N3. The first-order valence-electron chi connectivity index (χ1n) is 3.51. The number of aryl methyl sites for hydroxylation is 1. The molecular weight excluding hydrogens is 126 g/mol. The van der Waals surface area contributed by atoms with Crippen molar-refractivity contribution in [3.8, 4) is 0 Å². The Bertz CT molecular complexity index is 204. The fourth-order valence-electron chi connectivity index (χ4n) is 0.815. The first-order valence-corrected chi connectivity index (χ1v) is 3.51. The number of nitrogens with two attached hydrogens (primary N) is 1. The van der Waals surface area contributed by atoms with E-state index in [1.54, 1.807) is 6.20 Å². The highest BCUT2D eigenvalue weighted by atomic mass is 14.9. The molecule has 0 saturated heterocycles. The largest absolute Gasteiger partial charge is 0.345 e. The highest BCUT2D eigenvalue weighted by Crippen LogP contribution is 2.07. The third-order valence-electron chi connectivity index (χ3n) is 1.51. The van der Waals surface area contributed by atoms with Crippen LogP contribution >= 0.6 is 0 Å². The van der Waals surface area contributed by atoms with Crippen LogP contribution in [0.5, 0.6) is 0 Å². The van der Waals surface area contributed by atoms with Crippen molar-refractivity contribution < 1.29 is 0 Å². The Morgan fingerprint density at radius 3 is 2.90 bits per heavy atom. The predicted molar refractivity (Wildman–Crippen MR) is 40.5 cm³/mol. The average molecular weight is 139 g/mol. The van der Waals surface area contributed by atoms with Gasteiger partial charge in [-0.25, -0.2) is 4.98 Å². The van der Waals surface area contributed by atoms with Crippen LogP contribution in [0.3, 0.4) is 0 Å². The minimum Gasteiger partial charge on any atom is -0.345 e. The number of hydrogen-bond donors (Lipinski definition) is 2. The van der Waals surface area contributed by atoms with E-state index < -0.39 is 0 Å². The van der Waals surface area contributed by atoms with E-state index in [4.69, 9.17) is 5.73 Å². The number of aromatic amines is 1. The summed E-state index contributed by atoms with van der Waals surface area (Å²) >= 11 is 0. The smallest absolute Gasteiger partial charge is 0.123 e. The molecule has 0 bridgehead atoms. The van der Waals surface area contributed by atoms with Crippen molar-refractivity contribution in [3.63, 3.8) is 0 Å². The zero-order valence-electron chi connectivity index (χ0n) is 6.39. The molecule has 3 heteroatoms. The number of aromatic nitrogens is 2. The summed E-state index contributed by atoms with van der Waals surface area (Å²) in [5, 5.41) is 0. The summed E-state index contributed by atoms with van der Waals surface area (Å²) in [6.07, 6.45) is 2.72. The monoisotopic (exact) mass is 139 g/mol. The van der Waals surface area contributed by atoms with Crippen LogP contribution in [0.1, 0.15) is 30.9 Å². The van der Waals surface area contributed by atoms with Gasteiger partial charge in [0.25, 0.3) is 0 Å². The molecule has 56 valence electrons. The normalized spacial score (nSPS) is 13.5. The average Bonchev–Trinajstić information content (AvgIpc) is 2.34. The number of nitrogens with one attached hydrogen (secondary N) is 1. The van der Waals surface area contributed by atoms with Crippen molar-refractivity contribution in [1.29, 1.82) is 0 Å². The first-order chi connectivity index (χ1) is 4.74. The molecule has 0 aliphatic heterocycles. The lowest BCUT2D eigenvalue weighted by atomic mass is 10.2. The number of imidazole rings is 1. The van der Waals surface area contributed by atoms with Crippen molar-refractivity contribution >= 4 is 0 Å². The van der Waals surface area contributed by atoms with Crippen LogP contribution in [0.4, 0.5) is 0 Å². The lowest BCUT2D eigenvalue weighted by Gasteiger charge is -2.02. The van der Waals surface area contributed by atoms with Crippen LogP contribution in [-0.2, 0) is 0 Å². The Morgan fingerprint density at radius 1 is 1.80 bits per heavy atom. The fraction of sp³-hybridized carbons (Fsp3) is 0.571. The zero-order valence-corrected chi connectivity index (χ0v) is 6.39. The van der Waals surface area contributed by atoms with Crippen LogP contribution in [0.15, 0.2) is 6.20 Å². The van der Waals surface area contributed by atoms with Crippen LogP contribution in [0, 0.1) is 6.92 Å². The summed E-state index contributed by atoms with van der Waals surface area (Å²) in [7, 11) is 0. The molecule has 0 aliphatic carbocycles. The molecule has 1 aromatic heterocycles. The maximum Gasteiger partial charge on any atom is 0.123 e. The first kappa shape index (κ1) is 7.28. The maximum absolute atomic E-state index is 5.71. The lowest BCUT2D eigenvalue weighted by molar-refractivity contribution is 0.657. The third-order valence-corrected chi connectivity index (χ3v) is 1.51. The van der Waals surface area contributed by atoms with Gasteiger partial charge in [0, 0.05) is 11.9 Å². The maximum atomic E-state index is 5.71. The van der Waals surface area contributed by atoms with E-state index in [2.05, 4.69) is 9.97 Å². The second-order valence-corrected chi connectivity index (χ2v) is 2.47. The molecule has 3 nitrogen and oxygen atoms in total. The fourth-order valence-corrected chi connectivity index (χ4v) is 0.815. The van der Waals surface area contributed by atoms with Crippen LogP contribution in [-0.4, -0.2) is 9.97 Å². The Kier molecular flexibility index (Phi) is 2.06. The Hall–Kier alpha value is -0.830. The second-order valence-electron chi connectivity index (χ2n) is 2.47. The van der Waals surface area contributed by atoms with E-state index in [-0.39, 0.29) is 6.04 Å². The minimum absolute atomic E-state index is 0.0636. The summed E-state index contributed by atoms with van der Waals surface area (Å²) in [5.74, 6) is 0.889. The summed E-state index contributed by atoms with van der Waals surface area (Å²) in [6.45, 7) is 4.02. The van der Waals surface area contributed by atoms with Gasteiger partial charge in [-0.1, -0.05) is 6.92 Å². The summed E-state index contributed by atoms with van der Waals surface area (Å²) in [5.41, 5.74) is 6.78. The molecule has 0 fully saturated rings. The molecule has 0 saturated carbocycles. The van der Waals surface area contributed by atoms with Gasteiger partial charge in [-0.15, -0.1) is 0 Å². The molecule has 1 atom stereocenters. The number of rotatable bonds is 2. The lowest BCUT2D eigenvalue weighted by Crippen LogP contribution is -2.10. The SMILES string of the molecule is CCC(N)c1ncc(C)[nH]1. The zero-order chi connectivity index (χ0) is 7.56. The van der Waals surface area contributed by atoms with Crippen LogP contribution in [0.25, 0.3) is 0 Å². The molecule has 10 heavy (non-hydrogen) atoms. The molecule has 0 amide bonds. The van der Waals surface area contributed by atoms with Crippen LogP contribution in [0.2, 0.25) is 0 Å². The van der Waals surface area contributed by atoms with E-state index in [0.717, 1.165) is 17.9 Å². The second kappa shape index (κ2) is 2.84. The molecule has 0 aromatic carbocycles. The standard InChI is InChI=1S/C7H13N3/c1-3-6(8)7-9-4-5(2)10-7/h4,6H,3,8H2,1-2H3,(H,9,10). The van der Waals surface area contributed by atoms with E-state index in [9.17, 15) is 0 Å². The molecule has 1 rings (SSSR count). The van der Waals surface area contributed by atoms with Crippen molar-refractivity contribution in [2.75, 3.05) is 0 Å².